The zero-order chi connectivity index (χ0) is 13.8. The first kappa shape index (κ1) is 14.4. The standard InChI is InChI=1S/C16H26N2O/c1-13(2)14-4-5-16(15(12-14)6-11-19)18-9-7-17(3)8-10-18/h4-5,12-13,19H,6-11H2,1-3H3. The van der Waals surface area contributed by atoms with E-state index in [9.17, 15) is 5.11 Å². The van der Waals surface area contributed by atoms with Crippen molar-refractivity contribution in [2.24, 2.45) is 0 Å². The van der Waals surface area contributed by atoms with E-state index in [4.69, 9.17) is 0 Å². The van der Waals surface area contributed by atoms with Crippen LogP contribution in [0.1, 0.15) is 30.9 Å². The smallest absolute Gasteiger partial charge is 0.0472 e. The fourth-order valence-corrected chi connectivity index (χ4v) is 2.64. The Bertz CT molecular complexity index is 409. The molecule has 3 nitrogen and oxygen atoms in total. The highest BCUT2D eigenvalue weighted by Crippen LogP contribution is 2.26. The van der Waals surface area contributed by atoms with Gasteiger partial charge < -0.3 is 14.9 Å². The highest BCUT2D eigenvalue weighted by molar-refractivity contribution is 5.56. The van der Waals surface area contributed by atoms with Gasteiger partial charge in [-0.05, 0) is 36.6 Å². The average molecular weight is 262 g/mol. The number of hydrogen-bond acceptors (Lipinski definition) is 3. The molecule has 1 heterocycles. The van der Waals surface area contributed by atoms with E-state index in [0.717, 1.165) is 32.6 Å². The molecule has 1 aliphatic heterocycles. The Kier molecular flexibility index (Phi) is 4.83. The summed E-state index contributed by atoms with van der Waals surface area (Å²) in [6, 6.07) is 6.75. The van der Waals surface area contributed by atoms with Gasteiger partial charge in [-0.15, -0.1) is 0 Å². The summed E-state index contributed by atoms with van der Waals surface area (Å²) < 4.78 is 0. The van der Waals surface area contributed by atoms with Crippen molar-refractivity contribution in [2.45, 2.75) is 26.2 Å². The molecule has 1 aliphatic rings. The van der Waals surface area contributed by atoms with Crippen molar-refractivity contribution < 1.29 is 5.11 Å². The van der Waals surface area contributed by atoms with Crippen LogP contribution in [0.15, 0.2) is 18.2 Å². The molecule has 0 spiro atoms. The molecule has 1 aromatic rings. The maximum Gasteiger partial charge on any atom is 0.0472 e. The molecule has 3 heteroatoms. The van der Waals surface area contributed by atoms with E-state index >= 15 is 0 Å². The van der Waals surface area contributed by atoms with E-state index < -0.39 is 0 Å². The lowest BCUT2D eigenvalue weighted by Crippen LogP contribution is -2.44. The van der Waals surface area contributed by atoms with Gasteiger partial charge in [-0.2, -0.15) is 0 Å². The predicted octanol–water partition coefficient (Wildman–Crippen LogP) is 2.10. The second kappa shape index (κ2) is 6.40. The lowest BCUT2D eigenvalue weighted by atomic mass is 9.97. The van der Waals surface area contributed by atoms with E-state index in [0.29, 0.717) is 5.92 Å². The van der Waals surface area contributed by atoms with Gasteiger partial charge in [-0.3, -0.25) is 0 Å². The van der Waals surface area contributed by atoms with Gasteiger partial charge >= 0.3 is 0 Å². The molecule has 1 saturated heterocycles. The molecule has 0 unspecified atom stereocenters. The van der Waals surface area contributed by atoms with Crippen molar-refractivity contribution in [3.05, 3.63) is 29.3 Å². The number of rotatable bonds is 4. The number of hydrogen-bond donors (Lipinski definition) is 1. The molecular formula is C16H26N2O. The van der Waals surface area contributed by atoms with Gasteiger partial charge in [0.25, 0.3) is 0 Å². The van der Waals surface area contributed by atoms with Crippen LogP contribution in [0.4, 0.5) is 5.69 Å². The maximum atomic E-state index is 9.29. The molecule has 2 rings (SSSR count). The van der Waals surface area contributed by atoms with Gasteiger partial charge in [0.2, 0.25) is 0 Å². The zero-order valence-corrected chi connectivity index (χ0v) is 12.4. The normalized spacial score (nSPS) is 17.2. The lowest BCUT2D eigenvalue weighted by molar-refractivity contribution is 0.298. The number of aliphatic hydroxyl groups is 1. The van der Waals surface area contributed by atoms with Gasteiger partial charge in [0.05, 0.1) is 0 Å². The van der Waals surface area contributed by atoms with Gasteiger partial charge in [-0.1, -0.05) is 26.0 Å². The topological polar surface area (TPSA) is 26.7 Å². The summed E-state index contributed by atoms with van der Waals surface area (Å²) >= 11 is 0. The molecular weight excluding hydrogens is 236 g/mol. The number of anilines is 1. The van der Waals surface area contributed by atoms with Crippen LogP contribution in [-0.4, -0.2) is 49.8 Å². The molecule has 0 saturated carbocycles. The molecule has 1 aromatic carbocycles. The molecule has 0 radical (unpaired) electrons. The van der Waals surface area contributed by atoms with Crippen LogP contribution in [0.25, 0.3) is 0 Å². The minimum atomic E-state index is 0.224. The Morgan fingerprint density at radius 1 is 1.16 bits per heavy atom. The third kappa shape index (κ3) is 3.48. The van der Waals surface area contributed by atoms with E-state index in [1.54, 1.807) is 0 Å². The summed E-state index contributed by atoms with van der Waals surface area (Å²) in [5.74, 6) is 0.541. The Balaban J connectivity index is 2.23. The van der Waals surface area contributed by atoms with E-state index in [1.807, 2.05) is 0 Å². The monoisotopic (exact) mass is 262 g/mol. The molecule has 0 amide bonds. The Hall–Kier alpha value is -1.06. The third-order valence-electron chi connectivity index (χ3n) is 4.00. The van der Waals surface area contributed by atoms with Crippen molar-refractivity contribution in [3.8, 4) is 0 Å². The van der Waals surface area contributed by atoms with Crippen LogP contribution < -0.4 is 4.90 Å². The maximum absolute atomic E-state index is 9.29. The van der Waals surface area contributed by atoms with Gasteiger partial charge in [-0.25, -0.2) is 0 Å². The van der Waals surface area contributed by atoms with Crippen LogP contribution >= 0.6 is 0 Å². The Labute approximate surface area is 116 Å². The predicted molar refractivity (Wildman–Crippen MR) is 81.0 cm³/mol. The van der Waals surface area contributed by atoms with Crippen LogP contribution in [0, 0.1) is 0 Å². The molecule has 0 aromatic heterocycles. The number of aliphatic hydroxyl groups excluding tert-OH is 1. The molecule has 1 fully saturated rings. The van der Waals surface area contributed by atoms with Crippen molar-refractivity contribution in [2.75, 3.05) is 44.7 Å². The zero-order valence-electron chi connectivity index (χ0n) is 12.4. The van der Waals surface area contributed by atoms with Crippen LogP contribution in [0.5, 0.6) is 0 Å². The summed E-state index contributed by atoms with van der Waals surface area (Å²) in [7, 11) is 2.17. The van der Waals surface area contributed by atoms with Crippen LogP contribution in [0.2, 0.25) is 0 Å². The summed E-state index contributed by atoms with van der Waals surface area (Å²) in [5, 5.41) is 9.29. The average Bonchev–Trinajstić information content (AvgIpc) is 2.40. The third-order valence-corrected chi connectivity index (χ3v) is 4.00. The fourth-order valence-electron chi connectivity index (χ4n) is 2.64. The van der Waals surface area contributed by atoms with Crippen molar-refractivity contribution in [1.29, 1.82) is 0 Å². The summed E-state index contributed by atoms with van der Waals surface area (Å²) in [6.07, 6.45) is 0.752. The highest BCUT2D eigenvalue weighted by atomic mass is 16.2. The Morgan fingerprint density at radius 2 is 1.84 bits per heavy atom. The van der Waals surface area contributed by atoms with Gasteiger partial charge in [0, 0.05) is 38.5 Å². The van der Waals surface area contributed by atoms with Crippen molar-refractivity contribution in [1.82, 2.24) is 4.90 Å². The lowest BCUT2D eigenvalue weighted by Gasteiger charge is -2.35. The first-order chi connectivity index (χ1) is 9.11. The first-order valence-electron chi connectivity index (χ1n) is 7.29. The summed E-state index contributed by atoms with van der Waals surface area (Å²) in [5.41, 5.74) is 3.96. The molecule has 106 valence electrons. The SMILES string of the molecule is CC(C)c1ccc(N2CCN(C)CC2)c(CCO)c1. The summed E-state index contributed by atoms with van der Waals surface area (Å²) in [6.45, 7) is 9.05. The van der Waals surface area contributed by atoms with E-state index in [-0.39, 0.29) is 6.61 Å². The number of likely N-dealkylation sites (N-methyl/N-ethyl adjacent to an activating group) is 1. The largest absolute Gasteiger partial charge is 0.396 e. The first-order valence-corrected chi connectivity index (χ1v) is 7.29. The minimum Gasteiger partial charge on any atom is -0.396 e. The van der Waals surface area contributed by atoms with Crippen molar-refractivity contribution in [3.63, 3.8) is 0 Å². The molecule has 1 N–H and O–H groups in total. The quantitative estimate of drug-likeness (QED) is 0.900. The molecule has 0 atom stereocenters. The number of benzene rings is 1. The number of piperazine rings is 1. The second-order valence-corrected chi connectivity index (χ2v) is 5.81. The van der Waals surface area contributed by atoms with Crippen LogP contribution in [0.3, 0.4) is 0 Å². The molecule has 0 aliphatic carbocycles. The van der Waals surface area contributed by atoms with Gasteiger partial charge in [0.15, 0.2) is 0 Å². The minimum absolute atomic E-state index is 0.224. The van der Waals surface area contributed by atoms with Gasteiger partial charge in [0.1, 0.15) is 0 Å². The molecule has 0 bridgehead atoms. The second-order valence-electron chi connectivity index (χ2n) is 5.81. The van der Waals surface area contributed by atoms with E-state index in [2.05, 4.69) is 48.9 Å². The highest BCUT2D eigenvalue weighted by Gasteiger charge is 2.17. The number of nitrogens with zero attached hydrogens (tertiary/aromatic N) is 2. The van der Waals surface area contributed by atoms with E-state index in [1.165, 1.54) is 16.8 Å². The van der Waals surface area contributed by atoms with Crippen LogP contribution in [-0.2, 0) is 6.42 Å². The van der Waals surface area contributed by atoms with Crippen molar-refractivity contribution >= 4 is 5.69 Å². The molecule has 19 heavy (non-hydrogen) atoms. The summed E-state index contributed by atoms with van der Waals surface area (Å²) in [4.78, 5) is 4.82. The fraction of sp³-hybridized carbons (Fsp3) is 0.625. The Morgan fingerprint density at radius 3 is 2.42 bits per heavy atom.